The molecule has 0 bridgehead atoms. The van der Waals surface area contributed by atoms with Crippen molar-refractivity contribution in [1.82, 2.24) is 4.57 Å². The number of aromatic hydroxyl groups is 1. The molecule has 0 spiro atoms. The van der Waals surface area contributed by atoms with Gasteiger partial charge < -0.3 is 14.6 Å². The molecule has 0 fully saturated rings. The molecule has 7 nitrogen and oxygen atoms in total. The normalized spacial score (nSPS) is 12.6. The SMILES string of the molecule is C#CCn1c(O)c(N=NC(=O)c2ccc3c(c2)OCO3)c2ccccc21. The Bertz CT molecular complexity index is 1090. The summed E-state index contributed by atoms with van der Waals surface area (Å²) in [5, 5.41) is 18.8. The maximum Gasteiger partial charge on any atom is 0.295 e. The molecule has 1 aliphatic rings. The summed E-state index contributed by atoms with van der Waals surface area (Å²) in [6.07, 6.45) is 5.36. The average molecular weight is 347 g/mol. The molecular formula is C19H13N3O4. The van der Waals surface area contributed by atoms with Crippen molar-refractivity contribution in [3.63, 3.8) is 0 Å². The summed E-state index contributed by atoms with van der Waals surface area (Å²) < 4.78 is 12.0. The number of terminal acetylenes is 1. The third kappa shape index (κ3) is 2.54. The van der Waals surface area contributed by atoms with Crippen LogP contribution in [0.15, 0.2) is 52.7 Å². The van der Waals surface area contributed by atoms with E-state index in [9.17, 15) is 9.90 Å². The molecule has 26 heavy (non-hydrogen) atoms. The Labute approximate surface area is 148 Å². The zero-order chi connectivity index (χ0) is 18.1. The molecule has 1 N–H and O–H groups in total. The van der Waals surface area contributed by atoms with E-state index in [1.165, 1.54) is 4.57 Å². The van der Waals surface area contributed by atoms with E-state index in [0.29, 0.717) is 28.0 Å². The number of nitrogens with zero attached hydrogens (tertiary/aromatic N) is 3. The fourth-order valence-corrected chi connectivity index (χ4v) is 2.80. The van der Waals surface area contributed by atoms with Gasteiger partial charge in [0.15, 0.2) is 17.2 Å². The molecule has 0 atom stereocenters. The highest BCUT2D eigenvalue weighted by molar-refractivity contribution is 5.97. The Balaban J connectivity index is 1.70. The van der Waals surface area contributed by atoms with Gasteiger partial charge in [-0.3, -0.25) is 9.36 Å². The van der Waals surface area contributed by atoms with Crippen LogP contribution < -0.4 is 9.47 Å². The van der Waals surface area contributed by atoms with Gasteiger partial charge in [-0.2, -0.15) is 0 Å². The number of ether oxygens (including phenoxy) is 2. The molecule has 128 valence electrons. The highest BCUT2D eigenvalue weighted by Gasteiger charge is 2.18. The van der Waals surface area contributed by atoms with Crippen molar-refractivity contribution in [3.05, 3.63) is 48.0 Å². The fourth-order valence-electron chi connectivity index (χ4n) is 2.80. The summed E-state index contributed by atoms with van der Waals surface area (Å²) in [5.41, 5.74) is 1.22. The number of hydrogen-bond donors (Lipinski definition) is 1. The van der Waals surface area contributed by atoms with Crippen LogP contribution in [0.5, 0.6) is 17.4 Å². The molecule has 0 saturated heterocycles. The number of carbonyl (C=O) groups is 1. The maximum absolute atomic E-state index is 12.3. The molecule has 7 heteroatoms. The van der Waals surface area contributed by atoms with E-state index >= 15 is 0 Å². The molecule has 0 unspecified atom stereocenters. The first kappa shape index (κ1) is 15.7. The van der Waals surface area contributed by atoms with Crippen molar-refractivity contribution in [2.45, 2.75) is 6.54 Å². The fraction of sp³-hybridized carbons (Fsp3) is 0.105. The Morgan fingerprint density at radius 3 is 2.88 bits per heavy atom. The predicted octanol–water partition coefficient (Wildman–Crippen LogP) is 3.63. The van der Waals surface area contributed by atoms with Crippen LogP contribution >= 0.6 is 0 Å². The first-order valence-electron chi connectivity index (χ1n) is 7.78. The van der Waals surface area contributed by atoms with Crippen LogP contribution in [0.1, 0.15) is 10.4 Å². The average Bonchev–Trinajstić information content (AvgIpc) is 3.23. The quantitative estimate of drug-likeness (QED) is 0.579. The van der Waals surface area contributed by atoms with Gasteiger partial charge in [0.05, 0.1) is 12.1 Å². The van der Waals surface area contributed by atoms with E-state index in [4.69, 9.17) is 15.9 Å². The van der Waals surface area contributed by atoms with Gasteiger partial charge in [0.2, 0.25) is 12.7 Å². The lowest BCUT2D eigenvalue weighted by atomic mass is 10.2. The topological polar surface area (TPSA) is 85.4 Å². The number of carbonyl (C=O) groups excluding carboxylic acids is 1. The second-order valence-corrected chi connectivity index (χ2v) is 5.55. The predicted molar refractivity (Wildman–Crippen MR) is 93.8 cm³/mol. The Morgan fingerprint density at radius 1 is 1.23 bits per heavy atom. The van der Waals surface area contributed by atoms with E-state index in [2.05, 4.69) is 16.1 Å². The van der Waals surface area contributed by atoms with Crippen LogP contribution in [0.2, 0.25) is 0 Å². The smallest absolute Gasteiger partial charge is 0.295 e. The molecule has 0 radical (unpaired) electrons. The molecule has 1 aromatic heterocycles. The molecule has 4 rings (SSSR count). The third-order valence-electron chi connectivity index (χ3n) is 4.03. The Hall–Kier alpha value is -3.79. The van der Waals surface area contributed by atoms with Gasteiger partial charge in [-0.25, -0.2) is 0 Å². The molecule has 2 aromatic carbocycles. The number of amides is 1. The second kappa shape index (κ2) is 6.26. The van der Waals surface area contributed by atoms with E-state index in [-0.39, 0.29) is 24.9 Å². The summed E-state index contributed by atoms with van der Waals surface area (Å²) in [4.78, 5) is 12.3. The standard InChI is InChI=1S/C19H13N3O4/c1-2-9-22-14-6-4-3-5-13(14)17(19(22)24)20-21-18(23)12-7-8-15-16(10-12)26-11-25-15/h1,3-8,10,24H,9,11H2. The van der Waals surface area contributed by atoms with Gasteiger partial charge in [0.25, 0.3) is 5.91 Å². The minimum Gasteiger partial charge on any atom is -0.493 e. The van der Waals surface area contributed by atoms with E-state index in [1.807, 2.05) is 12.1 Å². The molecule has 0 saturated carbocycles. The summed E-state index contributed by atoms with van der Waals surface area (Å²) in [6.45, 7) is 0.301. The molecule has 1 amide bonds. The lowest BCUT2D eigenvalue weighted by Gasteiger charge is -2.00. The number of rotatable bonds is 3. The molecule has 1 aliphatic heterocycles. The lowest BCUT2D eigenvalue weighted by molar-refractivity contribution is 0.0994. The minimum absolute atomic E-state index is 0.122. The van der Waals surface area contributed by atoms with Gasteiger partial charge >= 0.3 is 0 Å². The molecule has 3 aromatic rings. The van der Waals surface area contributed by atoms with E-state index in [0.717, 1.165) is 0 Å². The van der Waals surface area contributed by atoms with Crippen molar-refractivity contribution in [2.24, 2.45) is 10.2 Å². The van der Waals surface area contributed by atoms with Crippen LogP contribution in [0, 0.1) is 12.3 Å². The summed E-state index contributed by atoms with van der Waals surface area (Å²) in [6, 6.07) is 12.0. The minimum atomic E-state index is -0.559. The molecular weight excluding hydrogens is 334 g/mol. The van der Waals surface area contributed by atoms with E-state index < -0.39 is 5.91 Å². The highest BCUT2D eigenvalue weighted by atomic mass is 16.7. The van der Waals surface area contributed by atoms with Crippen LogP contribution in [-0.2, 0) is 6.54 Å². The molecule has 0 aliphatic carbocycles. The summed E-state index contributed by atoms with van der Waals surface area (Å²) >= 11 is 0. The zero-order valence-corrected chi connectivity index (χ0v) is 13.5. The largest absolute Gasteiger partial charge is 0.493 e. The van der Waals surface area contributed by atoms with E-state index in [1.54, 1.807) is 30.3 Å². The van der Waals surface area contributed by atoms with Crippen molar-refractivity contribution < 1.29 is 19.4 Å². The van der Waals surface area contributed by atoms with Crippen LogP contribution in [0.3, 0.4) is 0 Å². The monoisotopic (exact) mass is 347 g/mol. The van der Waals surface area contributed by atoms with Gasteiger partial charge in [0, 0.05) is 10.9 Å². The van der Waals surface area contributed by atoms with Crippen molar-refractivity contribution >= 4 is 22.5 Å². The van der Waals surface area contributed by atoms with Crippen molar-refractivity contribution in [2.75, 3.05) is 6.79 Å². The first-order valence-corrected chi connectivity index (χ1v) is 7.78. The third-order valence-corrected chi connectivity index (χ3v) is 4.03. The highest BCUT2D eigenvalue weighted by Crippen LogP contribution is 2.39. The summed E-state index contributed by atoms with van der Waals surface area (Å²) in [7, 11) is 0. The molecule has 2 heterocycles. The number of fused-ring (bicyclic) bond motifs is 2. The van der Waals surface area contributed by atoms with Crippen LogP contribution in [0.4, 0.5) is 5.69 Å². The second-order valence-electron chi connectivity index (χ2n) is 5.55. The number of aromatic nitrogens is 1. The Kier molecular flexibility index (Phi) is 3.78. The van der Waals surface area contributed by atoms with Gasteiger partial charge in [-0.1, -0.05) is 24.1 Å². The van der Waals surface area contributed by atoms with Crippen LogP contribution in [0.25, 0.3) is 10.9 Å². The number of azo groups is 1. The number of benzene rings is 2. The maximum atomic E-state index is 12.3. The lowest BCUT2D eigenvalue weighted by Crippen LogP contribution is -1.94. The summed E-state index contributed by atoms with van der Waals surface area (Å²) in [5.74, 6) is 2.85. The van der Waals surface area contributed by atoms with Gasteiger partial charge in [0.1, 0.15) is 0 Å². The number of hydrogen-bond acceptors (Lipinski definition) is 5. The van der Waals surface area contributed by atoms with Crippen molar-refractivity contribution in [3.8, 4) is 29.7 Å². The van der Waals surface area contributed by atoms with Gasteiger partial charge in [-0.15, -0.1) is 16.7 Å². The van der Waals surface area contributed by atoms with Crippen LogP contribution in [-0.4, -0.2) is 22.4 Å². The first-order chi connectivity index (χ1) is 12.7. The zero-order valence-electron chi connectivity index (χ0n) is 13.5. The van der Waals surface area contributed by atoms with Crippen molar-refractivity contribution in [1.29, 1.82) is 0 Å². The van der Waals surface area contributed by atoms with Gasteiger partial charge in [-0.05, 0) is 24.3 Å². The number of para-hydroxylation sites is 1. The Morgan fingerprint density at radius 2 is 2.04 bits per heavy atom.